The molecule has 126 valence electrons. The Morgan fingerprint density at radius 3 is 2.67 bits per heavy atom. The number of hydrogen-bond acceptors (Lipinski definition) is 7. The van der Waals surface area contributed by atoms with Crippen LogP contribution in [0.2, 0.25) is 0 Å². The van der Waals surface area contributed by atoms with Crippen molar-refractivity contribution in [2.24, 2.45) is 0 Å². The molecule has 1 heterocycles. The molecule has 0 aliphatic carbocycles. The van der Waals surface area contributed by atoms with Gasteiger partial charge in [-0.05, 0) is 6.07 Å². The number of benzene rings is 1. The van der Waals surface area contributed by atoms with Gasteiger partial charge in [-0.2, -0.15) is 0 Å². The van der Waals surface area contributed by atoms with Gasteiger partial charge in [-0.25, -0.2) is 4.98 Å². The molecule has 0 radical (unpaired) electrons. The van der Waals surface area contributed by atoms with Gasteiger partial charge in [0.1, 0.15) is 17.7 Å². The SMILES string of the molecule is COc1ccc(CC(=O)Nc2ncc([N+](=O)[O-])cc2O)c(OC)c1. The minimum atomic E-state index is -0.694. The van der Waals surface area contributed by atoms with E-state index in [0.29, 0.717) is 17.1 Å². The highest BCUT2D eigenvalue weighted by atomic mass is 16.6. The molecule has 1 amide bonds. The van der Waals surface area contributed by atoms with Crippen molar-refractivity contribution < 1.29 is 24.3 Å². The van der Waals surface area contributed by atoms with Crippen molar-refractivity contribution in [3.05, 3.63) is 46.1 Å². The summed E-state index contributed by atoms with van der Waals surface area (Å²) in [7, 11) is 2.99. The number of carbonyl (C=O) groups is 1. The van der Waals surface area contributed by atoms with Crippen molar-refractivity contribution in [1.29, 1.82) is 0 Å². The van der Waals surface area contributed by atoms with Crippen LogP contribution in [0.1, 0.15) is 5.56 Å². The van der Waals surface area contributed by atoms with E-state index in [9.17, 15) is 20.0 Å². The zero-order chi connectivity index (χ0) is 17.7. The monoisotopic (exact) mass is 333 g/mol. The number of methoxy groups -OCH3 is 2. The third-order valence-corrected chi connectivity index (χ3v) is 3.17. The molecule has 0 saturated heterocycles. The topological polar surface area (TPSA) is 124 Å². The molecule has 0 atom stereocenters. The molecule has 24 heavy (non-hydrogen) atoms. The zero-order valence-electron chi connectivity index (χ0n) is 13.0. The number of rotatable bonds is 6. The summed E-state index contributed by atoms with van der Waals surface area (Å²) < 4.78 is 10.3. The average molecular weight is 333 g/mol. The first-order chi connectivity index (χ1) is 11.4. The van der Waals surface area contributed by atoms with Gasteiger partial charge in [-0.1, -0.05) is 6.07 Å². The fraction of sp³-hybridized carbons (Fsp3) is 0.200. The van der Waals surface area contributed by atoms with Crippen LogP contribution in [-0.2, 0) is 11.2 Å². The Morgan fingerprint density at radius 1 is 1.33 bits per heavy atom. The largest absolute Gasteiger partial charge is 0.504 e. The van der Waals surface area contributed by atoms with E-state index in [1.807, 2.05) is 0 Å². The van der Waals surface area contributed by atoms with E-state index in [0.717, 1.165) is 12.3 Å². The summed E-state index contributed by atoms with van der Waals surface area (Å²) in [5.41, 5.74) is 0.236. The molecule has 2 N–H and O–H groups in total. The van der Waals surface area contributed by atoms with Crippen LogP contribution in [0, 0.1) is 10.1 Å². The lowest BCUT2D eigenvalue weighted by Crippen LogP contribution is -2.16. The van der Waals surface area contributed by atoms with E-state index in [-0.39, 0.29) is 17.9 Å². The van der Waals surface area contributed by atoms with Gasteiger partial charge in [-0.15, -0.1) is 0 Å². The molecule has 2 aromatic rings. The summed E-state index contributed by atoms with van der Waals surface area (Å²) >= 11 is 0. The number of carbonyl (C=O) groups excluding carboxylic acids is 1. The summed E-state index contributed by atoms with van der Waals surface area (Å²) in [6, 6.07) is 5.92. The first-order valence-corrected chi connectivity index (χ1v) is 6.78. The second-order valence-electron chi connectivity index (χ2n) is 4.72. The predicted octanol–water partition coefficient (Wildman–Crippen LogP) is 1.89. The fourth-order valence-corrected chi connectivity index (χ4v) is 1.99. The van der Waals surface area contributed by atoms with Gasteiger partial charge in [0.05, 0.1) is 31.6 Å². The van der Waals surface area contributed by atoms with E-state index in [4.69, 9.17) is 9.47 Å². The normalized spacial score (nSPS) is 10.1. The number of aromatic nitrogens is 1. The van der Waals surface area contributed by atoms with Gasteiger partial charge in [-0.3, -0.25) is 14.9 Å². The molecule has 2 rings (SSSR count). The summed E-state index contributed by atoms with van der Waals surface area (Å²) in [5, 5.41) is 22.7. The minimum Gasteiger partial charge on any atom is -0.504 e. The first-order valence-electron chi connectivity index (χ1n) is 6.78. The van der Waals surface area contributed by atoms with Gasteiger partial charge in [0.15, 0.2) is 11.6 Å². The molecular weight excluding hydrogens is 318 g/mol. The lowest BCUT2D eigenvalue weighted by Gasteiger charge is -2.11. The summed E-state index contributed by atoms with van der Waals surface area (Å²) in [4.78, 5) is 25.7. The smallest absolute Gasteiger partial charge is 0.291 e. The van der Waals surface area contributed by atoms with Crippen molar-refractivity contribution in [3.63, 3.8) is 0 Å². The van der Waals surface area contributed by atoms with Gasteiger partial charge in [0, 0.05) is 11.6 Å². The summed E-state index contributed by atoms with van der Waals surface area (Å²) in [6.07, 6.45) is 0.911. The van der Waals surface area contributed by atoms with Crippen LogP contribution in [0.25, 0.3) is 0 Å². The van der Waals surface area contributed by atoms with Crippen LogP contribution in [0.5, 0.6) is 17.2 Å². The molecular formula is C15H15N3O6. The maximum atomic E-state index is 12.1. The van der Waals surface area contributed by atoms with Gasteiger partial charge >= 0.3 is 0 Å². The molecule has 0 bridgehead atoms. The Kier molecular flexibility index (Phi) is 5.15. The zero-order valence-corrected chi connectivity index (χ0v) is 13.0. The van der Waals surface area contributed by atoms with Crippen LogP contribution in [0.15, 0.2) is 30.5 Å². The van der Waals surface area contributed by atoms with Crippen molar-refractivity contribution in [3.8, 4) is 17.2 Å². The first kappa shape index (κ1) is 17.0. The Bertz CT molecular complexity index is 778. The van der Waals surface area contributed by atoms with E-state index >= 15 is 0 Å². The number of hydrogen-bond donors (Lipinski definition) is 2. The predicted molar refractivity (Wildman–Crippen MR) is 84.4 cm³/mol. The Labute approximate surface area is 137 Å². The van der Waals surface area contributed by atoms with Crippen molar-refractivity contribution in [2.75, 3.05) is 19.5 Å². The lowest BCUT2D eigenvalue weighted by molar-refractivity contribution is -0.385. The standard InChI is InChI=1S/C15H15N3O6/c1-23-11-4-3-9(13(7-11)24-2)5-14(20)17-15-12(19)6-10(8-16-15)18(21)22/h3-4,6-8,19H,5H2,1-2H3,(H,16,17,20). The Hall–Kier alpha value is -3.36. The molecule has 1 aromatic heterocycles. The number of aromatic hydroxyl groups is 1. The summed E-state index contributed by atoms with van der Waals surface area (Å²) in [6.45, 7) is 0. The number of pyridine rings is 1. The minimum absolute atomic E-state index is 0.0364. The van der Waals surface area contributed by atoms with Crippen LogP contribution >= 0.6 is 0 Å². The molecule has 0 saturated carbocycles. The maximum absolute atomic E-state index is 12.1. The lowest BCUT2D eigenvalue weighted by atomic mass is 10.1. The molecule has 0 spiro atoms. The molecule has 0 fully saturated rings. The molecule has 9 nitrogen and oxygen atoms in total. The van der Waals surface area contributed by atoms with Crippen molar-refractivity contribution in [1.82, 2.24) is 4.98 Å². The highest BCUT2D eigenvalue weighted by Gasteiger charge is 2.15. The quantitative estimate of drug-likeness (QED) is 0.611. The van der Waals surface area contributed by atoms with Gasteiger partial charge in [0.2, 0.25) is 5.91 Å². The Balaban J connectivity index is 2.12. The van der Waals surface area contributed by atoms with Crippen LogP contribution in [-0.4, -0.2) is 35.1 Å². The van der Waals surface area contributed by atoms with Gasteiger partial charge in [0.25, 0.3) is 5.69 Å². The number of amides is 1. The van der Waals surface area contributed by atoms with Crippen molar-refractivity contribution >= 4 is 17.4 Å². The second kappa shape index (κ2) is 7.27. The Morgan fingerprint density at radius 2 is 2.08 bits per heavy atom. The van der Waals surface area contributed by atoms with Crippen LogP contribution < -0.4 is 14.8 Å². The fourth-order valence-electron chi connectivity index (χ4n) is 1.99. The number of ether oxygens (including phenoxy) is 2. The van der Waals surface area contributed by atoms with E-state index in [1.54, 1.807) is 18.2 Å². The van der Waals surface area contributed by atoms with E-state index < -0.39 is 16.6 Å². The molecule has 0 aliphatic heterocycles. The third kappa shape index (κ3) is 3.88. The molecule has 1 aromatic carbocycles. The average Bonchev–Trinajstić information content (AvgIpc) is 2.56. The highest BCUT2D eigenvalue weighted by molar-refractivity contribution is 5.93. The van der Waals surface area contributed by atoms with Crippen LogP contribution in [0.3, 0.4) is 0 Å². The number of nitrogens with one attached hydrogen (secondary N) is 1. The van der Waals surface area contributed by atoms with Crippen molar-refractivity contribution in [2.45, 2.75) is 6.42 Å². The number of anilines is 1. The summed E-state index contributed by atoms with van der Waals surface area (Å²) in [5.74, 6) is -0.0384. The molecule has 9 heteroatoms. The van der Waals surface area contributed by atoms with E-state index in [2.05, 4.69) is 10.3 Å². The third-order valence-electron chi connectivity index (χ3n) is 3.17. The maximum Gasteiger partial charge on any atom is 0.291 e. The molecule has 0 unspecified atom stereocenters. The molecule has 0 aliphatic rings. The van der Waals surface area contributed by atoms with Gasteiger partial charge < -0.3 is 19.9 Å². The van der Waals surface area contributed by atoms with E-state index in [1.165, 1.54) is 14.2 Å². The second-order valence-corrected chi connectivity index (χ2v) is 4.72. The van der Waals surface area contributed by atoms with Crippen LogP contribution in [0.4, 0.5) is 11.5 Å². The number of nitro groups is 1. The highest BCUT2D eigenvalue weighted by Crippen LogP contribution is 2.27. The number of nitrogens with zero attached hydrogens (tertiary/aromatic N) is 2.